The molecule has 4 rings (SSSR count). The second-order valence-corrected chi connectivity index (χ2v) is 10.7. The SMILES string of the molecule is CCc1ncc(N2CCC(N3CC[C@H](Cc4ccc(S(C)(=O)=O)cc4F)C3=O)CC2)cn1. The van der Waals surface area contributed by atoms with Crippen molar-refractivity contribution in [1.29, 1.82) is 0 Å². The van der Waals surface area contributed by atoms with E-state index < -0.39 is 15.7 Å². The quantitative estimate of drug-likeness (QED) is 0.659. The van der Waals surface area contributed by atoms with Crippen LogP contribution in [0.25, 0.3) is 0 Å². The van der Waals surface area contributed by atoms with Gasteiger partial charge in [0, 0.05) is 44.3 Å². The Morgan fingerprint density at radius 1 is 1.09 bits per heavy atom. The van der Waals surface area contributed by atoms with Gasteiger partial charge in [0.25, 0.3) is 0 Å². The van der Waals surface area contributed by atoms with E-state index in [2.05, 4.69) is 14.9 Å². The largest absolute Gasteiger partial charge is 0.369 e. The minimum absolute atomic E-state index is 0.0420. The number of benzene rings is 1. The topological polar surface area (TPSA) is 83.5 Å². The zero-order chi connectivity index (χ0) is 22.9. The Balaban J connectivity index is 1.35. The van der Waals surface area contributed by atoms with Gasteiger partial charge in [-0.15, -0.1) is 0 Å². The molecule has 2 aliphatic rings. The molecule has 172 valence electrons. The van der Waals surface area contributed by atoms with Crippen LogP contribution in [0.4, 0.5) is 10.1 Å². The molecule has 0 saturated carbocycles. The molecule has 0 bridgehead atoms. The van der Waals surface area contributed by atoms with Crippen molar-refractivity contribution >= 4 is 21.4 Å². The summed E-state index contributed by atoms with van der Waals surface area (Å²) >= 11 is 0. The summed E-state index contributed by atoms with van der Waals surface area (Å²) in [6.45, 7) is 4.40. The normalized spacial score (nSPS) is 20.2. The first-order valence-corrected chi connectivity index (χ1v) is 13.0. The Morgan fingerprint density at radius 2 is 1.78 bits per heavy atom. The van der Waals surface area contributed by atoms with Crippen LogP contribution in [-0.4, -0.2) is 61.1 Å². The lowest BCUT2D eigenvalue weighted by Gasteiger charge is -2.37. The third-order valence-electron chi connectivity index (χ3n) is 6.55. The summed E-state index contributed by atoms with van der Waals surface area (Å²) in [7, 11) is -3.46. The molecular formula is C23H29FN4O3S. The van der Waals surface area contributed by atoms with Gasteiger partial charge in [0.15, 0.2) is 9.84 Å². The summed E-state index contributed by atoms with van der Waals surface area (Å²) in [6.07, 6.45) is 8.35. The molecular weight excluding hydrogens is 431 g/mol. The van der Waals surface area contributed by atoms with Crippen molar-refractivity contribution in [2.45, 2.75) is 50.0 Å². The van der Waals surface area contributed by atoms with Crippen LogP contribution in [0.3, 0.4) is 0 Å². The van der Waals surface area contributed by atoms with Crippen LogP contribution in [0.15, 0.2) is 35.5 Å². The number of likely N-dealkylation sites (tertiary alicyclic amines) is 1. The van der Waals surface area contributed by atoms with Gasteiger partial charge in [-0.3, -0.25) is 4.79 Å². The van der Waals surface area contributed by atoms with Gasteiger partial charge in [0.05, 0.1) is 23.0 Å². The molecule has 1 amide bonds. The Hall–Kier alpha value is -2.55. The van der Waals surface area contributed by atoms with Crippen molar-refractivity contribution in [2.75, 3.05) is 30.8 Å². The van der Waals surface area contributed by atoms with Gasteiger partial charge in [-0.2, -0.15) is 0 Å². The first-order chi connectivity index (χ1) is 15.3. The fourth-order valence-electron chi connectivity index (χ4n) is 4.63. The molecule has 2 aromatic rings. The third-order valence-corrected chi connectivity index (χ3v) is 7.66. The van der Waals surface area contributed by atoms with Gasteiger partial charge in [-0.05, 0) is 43.4 Å². The molecule has 32 heavy (non-hydrogen) atoms. The van der Waals surface area contributed by atoms with Gasteiger partial charge in [0.2, 0.25) is 5.91 Å². The molecule has 2 saturated heterocycles. The van der Waals surface area contributed by atoms with E-state index in [1.807, 2.05) is 24.2 Å². The molecule has 3 heterocycles. The van der Waals surface area contributed by atoms with Crippen molar-refractivity contribution in [3.8, 4) is 0 Å². The molecule has 1 aromatic carbocycles. The minimum atomic E-state index is -3.46. The van der Waals surface area contributed by atoms with E-state index in [4.69, 9.17) is 0 Å². The van der Waals surface area contributed by atoms with E-state index in [1.54, 1.807) is 0 Å². The highest BCUT2D eigenvalue weighted by Crippen LogP contribution is 2.30. The number of piperidine rings is 1. The van der Waals surface area contributed by atoms with Crippen LogP contribution >= 0.6 is 0 Å². The van der Waals surface area contributed by atoms with E-state index in [0.29, 0.717) is 24.9 Å². The predicted molar refractivity (Wildman–Crippen MR) is 120 cm³/mol. The number of sulfone groups is 1. The number of rotatable bonds is 6. The summed E-state index contributed by atoms with van der Waals surface area (Å²) in [5.74, 6) is 0.0794. The van der Waals surface area contributed by atoms with E-state index in [9.17, 15) is 17.6 Å². The average molecular weight is 461 g/mol. The van der Waals surface area contributed by atoms with Crippen molar-refractivity contribution in [2.24, 2.45) is 5.92 Å². The number of aryl methyl sites for hydroxylation is 1. The summed E-state index contributed by atoms with van der Waals surface area (Å²) in [4.78, 5) is 26.0. The van der Waals surface area contributed by atoms with Crippen molar-refractivity contribution in [3.05, 3.63) is 47.8 Å². The molecule has 0 spiro atoms. The molecule has 1 atom stereocenters. The van der Waals surface area contributed by atoms with Gasteiger partial charge in [0.1, 0.15) is 11.6 Å². The first kappa shape index (κ1) is 22.6. The zero-order valence-corrected chi connectivity index (χ0v) is 19.3. The number of carbonyl (C=O) groups excluding carboxylic acids is 1. The van der Waals surface area contributed by atoms with E-state index in [-0.39, 0.29) is 22.8 Å². The summed E-state index contributed by atoms with van der Waals surface area (Å²) in [5, 5.41) is 0. The Morgan fingerprint density at radius 3 is 2.38 bits per heavy atom. The maximum atomic E-state index is 14.5. The maximum Gasteiger partial charge on any atom is 0.226 e. The number of hydrogen-bond acceptors (Lipinski definition) is 6. The average Bonchev–Trinajstić information content (AvgIpc) is 3.14. The van der Waals surface area contributed by atoms with Gasteiger partial charge < -0.3 is 9.80 Å². The van der Waals surface area contributed by atoms with Crippen LogP contribution < -0.4 is 4.90 Å². The van der Waals surface area contributed by atoms with Crippen LogP contribution in [0.5, 0.6) is 0 Å². The zero-order valence-electron chi connectivity index (χ0n) is 18.5. The molecule has 0 N–H and O–H groups in total. The van der Waals surface area contributed by atoms with Crippen LogP contribution in [0, 0.1) is 11.7 Å². The molecule has 1 aromatic heterocycles. The highest BCUT2D eigenvalue weighted by molar-refractivity contribution is 7.90. The lowest BCUT2D eigenvalue weighted by Crippen LogP contribution is -2.46. The van der Waals surface area contributed by atoms with E-state index >= 15 is 0 Å². The summed E-state index contributed by atoms with van der Waals surface area (Å²) in [6, 6.07) is 4.15. The highest BCUT2D eigenvalue weighted by atomic mass is 32.2. The van der Waals surface area contributed by atoms with Crippen LogP contribution in [0.2, 0.25) is 0 Å². The Bertz CT molecular complexity index is 1080. The second kappa shape index (κ2) is 9.13. The highest BCUT2D eigenvalue weighted by Gasteiger charge is 2.37. The van der Waals surface area contributed by atoms with Crippen LogP contribution in [-0.2, 0) is 27.5 Å². The molecule has 9 heteroatoms. The minimum Gasteiger partial charge on any atom is -0.369 e. The molecule has 7 nitrogen and oxygen atoms in total. The standard InChI is InChI=1S/C23H29FN4O3S/c1-3-22-25-14-19(15-26-22)27-9-7-18(8-10-27)28-11-6-17(23(28)29)12-16-4-5-20(13-21(16)24)32(2,30)31/h4-5,13-15,17-18H,3,6-12H2,1-2H3/t17-/m1/s1. The predicted octanol–water partition coefficient (Wildman–Crippen LogP) is 2.64. The van der Waals surface area contributed by atoms with Crippen LogP contribution in [0.1, 0.15) is 37.6 Å². The van der Waals surface area contributed by atoms with Crippen molar-refractivity contribution in [3.63, 3.8) is 0 Å². The van der Waals surface area contributed by atoms with Gasteiger partial charge >= 0.3 is 0 Å². The Labute approximate surface area is 188 Å². The van der Waals surface area contributed by atoms with Crippen molar-refractivity contribution < 1.29 is 17.6 Å². The van der Waals surface area contributed by atoms with Gasteiger partial charge in [-0.1, -0.05) is 13.0 Å². The fourth-order valence-corrected chi connectivity index (χ4v) is 5.27. The van der Waals surface area contributed by atoms with Crippen molar-refractivity contribution in [1.82, 2.24) is 14.9 Å². The molecule has 2 aliphatic heterocycles. The number of amides is 1. The third kappa shape index (κ3) is 4.77. The molecule has 2 fully saturated rings. The number of carbonyl (C=O) groups is 1. The molecule has 0 aliphatic carbocycles. The number of anilines is 1. The number of hydrogen-bond donors (Lipinski definition) is 0. The maximum absolute atomic E-state index is 14.5. The number of aromatic nitrogens is 2. The first-order valence-electron chi connectivity index (χ1n) is 11.1. The summed E-state index contributed by atoms with van der Waals surface area (Å²) in [5.41, 5.74) is 1.40. The summed E-state index contributed by atoms with van der Waals surface area (Å²) < 4.78 is 37.7. The monoisotopic (exact) mass is 460 g/mol. The smallest absolute Gasteiger partial charge is 0.226 e. The lowest BCUT2D eigenvalue weighted by atomic mass is 9.97. The number of halogens is 1. The fraction of sp³-hybridized carbons (Fsp3) is 0.522. The van der Waals surface area contributed by atoms with E-state index in [1.165, 1.54) is 12.1 Å². The Kier molecular flexibility index (Phi) is 6.46. The van der Waals surface area contributed by atoms with E-state index in [0.717, 1.165) is 56.2 Å². The van der Waals surface area contributed by atoms with Gasteiger partial charge in [-0.25, -0.2) is 22.8 Å². The molecule has 0 unspecified atom stereocenters. The number of nitrogens with zero attached hydrogens (tertiary/aromatic N) is 4. The second-order valence-electron chi connectivity index (χ2n) is 8.68. The molecule has 0 radical (unpaired) electrons. The lowest BCUT2D eigenvalue weighted by molar-refractivity contribution is -0.133.